The molecule has 1 radical (unpaired) electrons. The second kappa shape index (κ2) is 17.4. The minimum absolute atomic E-state index is 0.0854. The van der Waals surface area contributed by atoms with Crippen LogP contribution in [0.4, 0.5) is 10.5 Å². The Balaban J connectivity index is 1.31. The summed E-state index contributed by atoms with van der Waals surface area (Å²) in [5.74, 6) is -0.748. The third-order valence-corrected chi connectivity index (χ3v) is 7.70. The lowest BCUT2D eigenvalue weighted by Crippen LogP contribution is -2.36. The fourth-order valence-corrected chi connectivity index (χ4v) is 5.18. The van der Waals surface area contributed by atoms with Gasteiger partial charge in [0.2, 0.25) is 17.7 Å². The number of amides is 4. The van der Waals surface area contributed by atoms with Crippen LogP contribution in [-0.2, 0) is 32.2 Å². The minimum Gasteiger partial charge on any atom is -0.372 e. The highest BCUT2D eigenvalue weighted by Crippen LogP contribution is 2.41. The molecule has 0 atom stereocenters. The summed E-state index contributed by atoms with van der Waals surface area (Å²) < 4.78 is 7.36. The number of nitrogens with one attached hydrogen (secondary N) is 3. The first kappa shape index (κ1) is 33.7. The maximum absolute atomic E-state index is 13.6. The lowest BCUT2D eigenvalue weighted by molar-refractivity contribution is -0.126. The van der Waals surface area contributed by atoms with E-state index in [9.17, 15) is 19.2 Å². The molecule has 3 N–H and O–H groups in total. The van der Waals surface area contributed by atoms with E-state index in [2.05, 4.69) is 46.5 Å². The van der Waals surface area contributed by atoms with Crippen molar-refractivity contribution >= 4 is 47.7 Å². The van der Waals surface area contributed by atoms with Gasteiger partial charge in [0.05, 0.1) is 24.5 Å². The van der Waals surface area contributed by atoms with Gasteiger partial charge in [0.1, 0.15) is 19.6 Å². The van der Waals surface area contributed by atoms with Crippen LogP contribution in [0, 0.1) is 0 Å². The van der Waals surface area contributed by atoms with E-state index in [1.165, 1.54) is 0 Å². The lowest BCUT2D eigenvalue weighted by Gasteiger charge is -2.28. The highest BCUT2D eigenvalue weighted by atomic mass is 32.2. The van der Waals surface area contributed by atoms with Crippen LogP contribution >= 0.6 is 11.8 Å². The molecule has 0 aliphatic carbocycles. The normalized spacial score (nSPS) is 11.7. The van der Waals surface area contributed by atoms with Gasteiger partial charge in [-0.15, -0.1) is 5.10 Å². The molecule has 4 rings (SSSR count). The van der Waals surface area contributed by atoms with E-state index in [1.54, 1.807) is 11.2 Å². The quantitative estimate of drug-likeness (QED) is 0.171. The summed E-state index contributed by atoms with van der Waals surface area (Å²) in [6.07, 6.45) is 4.12. The molecule has 2 heterocycles. The van der Waals surface area contributed by atoms with Crippen molar-refractivity contribution in [2.45, 2.75) is 45.5 Å². The number of thioether (sulfide) groups is 1. The zero-order valence-corrected chi connectivity index (χ0v) is 26.5. The molecule has 237 valence electrons. The smallest absolute Gasteiger partial charge is 0.279 e. The van der Waals surface area contributed by atoms with Crippen LogP contribution in [0.2, 0.25) is 12.6 Å². The number of ether oxygens (including phenoxy) is 1. The molecule has 45 heavy (non-hydrogen) atoms. The summed E-state index contributed by atoms with van der Waals surface area (Å²) in [6.45, 7) is 3.77. The van der Waals surface area contributed by atoms with E-state index in [4.69, 9.17) is 4.74 Å². The maximum atomic E-state index is 13.6. The zero-order chi connectivity index (χ0) is 32.0. The van der Waals surface area contributed by atoms with Crippen molar-refractivity contribution in [3.63, 3.8) is 0 Å². The number of aryl methyl sites for hydroxylation is 1. The van der Waals surface area contributed by atoms with Gasteiger partial charge in [-0.25, -0.2) is 4.68 Å². The number of benzene rings is 2. The van der Waals surface area contributed by atoms with Crippen LogP contribution < -0.4 is 20.9 Å². The van der Waals surface area contributed by atoms with Gasteiger partial charge in [-0.05, 0) is 24.3 Å². The molecule has 0 spiro atoms. The first-order valence-corrected chi connectivity index (χ1v) is 16.3. The fourth-order valence-electron chi connectivity index (χ4n) is 4.96. The predicted molar refractivity (Wildman–Crippen MR) is 176 cm³/mol. The summed E-state index contributed by atoms with van der Waals surface area (Å²) in [4.78, 5) is 50.6. The maximum Gasteiger partial charge on any atom is 0.279 e. The molecule has 12 nitrogen and oxygen atoms in total. The average Bonchev–Trinajstić information content (AvgIpc) is 3.46. The number of carbonyl (C=O) groups is 4. The van der Waals surface area contributed by atoms with Crippen molar-refractivity contribution in [3.8, 4) is 22.5 Å². The summed E-state index contributed by atoms with van der Waals surface area (Å²) in [5, 5.41) is 16.7. The fraction of sp³-hybridized carbons (Fsp3) is 0.419. The van der Waals surface area contributed by atoms with Gasteiger partial charge in [0, 0.05) is 43.8 Å². The van der Waals surface area contributed by atoms with Crippen LogP contribution in [0.25, 0.3) is 22.5 Å². The van der Waals surface area contributed by atoms with Gasteiger partial charge < -0.3 is 25.6 Å². The van der Waals surface area contributed by atoms with E-state index < -0.39 is 0 Å². The molecule has 4 amide bonds. The molecule has 0 bridgehead atoms. The van der Waals surface area contributed by atoms with E-state index >= 15 is 0 Å². The summed E-state index contributed by atoms with van der Waals surface area (Å²) in [5.41, 5.74) is 5.25. The summed E-state index contributed by atoms with van der Waals surface area (Å²) in [6, 6.07) is 15.8. The molecule has 14 heteroatoms. The van der Waals surface area contributed by atoms with Crippen molar-refractivity contribution in [1.82, 2.24) is 30.9 Å². The Morgan fingerprint density at radius 3 is 2.53 bits per heavy atom. The Kier molecular flexibility index (Phi) is 13.0. The van der Waals surface area contributed by atoms with Crippen molar-refractivity contribution < 1.29 is 23.9 Å². The van der Waals surface area contributed by atoms with Crippen LogP contribution in [0.15, 0.2) is 48.5 Å². The van der Waals surface area contributed by atoms with E-state index in [-0.39, 0.29) is 55.7 Å². The third-order valence-electron chi connectivity index (χ3n) is 7.18. The van der Waals surface area contributed by atoms with Gasteiger partial charge in [0.15, 0.2) is 0 Å². The molecule has 0 saturated carbocycles. The van der Waals surface area contributed by atoms with E-state index in [0.717, 1.165) is 58.2 Å². The Morgan fingerprint density at radius 2 is 1.73 bits per heavy atom. The molecule has 1 aromatic heterocycles. The average molecular weight is 633 g/mol. The van der Waals surface area contributed by atoms with Crippen LogP contribution in [-0.4, -0.2) is 84.3 Å². The van der Waals surface area contributed by atoms with Crippen molar-refractivity contribution in [3.05, 3.63) is 54.1 Å². The van der Waals surface area contributed by atoms with Gasteiger partial charge in [-0.3, -0.25) is 19.2 Å². The van der Waals surface area contributed by atoms with Gasteiger partial charge in [-0.1, -0.05) is 79.0 Å². The molecule has 0 saturated heterocycles. The summed E-state index contributed by atoms with van der Waals surface area (Å²) >= 11 is 1.00. The van der Waals surface area contributed by atoms with Gasteiger partial charge in [0.25, 0.3) is 5.24 Å². The van der Waals surface area contributed by atoms with Gasteiger partial charge in [-0.2, -0.15) is 0 Å². The Bertz CT molecular complexity index is 1480. The van der Waals surface area contributed by atoms with Crippen molar-refractivity contribution in [2.24, 2.45) is 0 Å². The lowest BCUT2D eigenvalue weighted by atomic mass is 9.72. The number of fused-ring (bicyclic) bond motifs is 5. The molecule has 2 aromatic carbocycles. The topological polar surface area (TPSA) is 148 Å². The minimum atomic E-state index is -0.327. The highest BCUT2D eigenvalue weighted by molar-refractivity contribution is 8.12. The second-order valence-corrected chi connectivity index (χ2v) is 11.1. The molecule has 1 aliphatic rings. The number of hydrogen-bond acceptors (Lipinski definition) is 8. The number of rotatable bonds is 15. The molecule has 1 aliphatic heterocycles. The Hall–Kier alpha value is -4.17. The Labute approximate surface area is 268 Å². The third kappa shape index (κ3) is 9.41. The number of hydrogen-bond donors (Lipinski definition) is 3. The summed E-state index contributed by atoms with van der Waals surface area (Å²) in [7, 11) is 2.23. The first-order chi connectivity index (χ1) is 21.9. The SMILES string of the molecule is CC[B]CCn1nnc2c1-c1ccccc1CN(C(=O)CCNC(=O)COCCCNC(=O)CNC(=O)SC)c1ccccc1-2. The number of aromatic nitrogens is 3. The molecular weight excluding hydrogens is 593 g/mol. The molecular formula is C31H39BN7O5S. The van der Waals surface area contributed by atoms with Crippen molar-refractivity contribution in [1.29, 1.82) is 0 Å². The molecule has 3 aromatic rings. The van der Waals surface area contributed by atoms with Crippen LogP contribution in [0.3, 0.4) is 0 Å². The molecule has 0 fully saturated rings. The first-order valence-electron chi connectivity index (χ1n) is 15.1. The Morgan fingerprint density at radius 1 is 0.978 bits per heavy atom. The second-order valence-electron chi connectivity index (χ2n) is 10.4. The largest absolute Gasteiger partial charge is 0.372 e. The monoisotopic (exact) mass is 632 g/mol. The van der Waals surface area contributed by atoms with Gasteiger partial charge >= 0.3 is 0 Å². The predicted octanol–water partition coefficient (Wildman–Crippen LogP) is 3.12. The molecule has 0 unspecified atom stereocenters. The number of para-hydroxylation sites is 1. The van der Waals surface area contributed by atoms with E-state index in [1.807, 2.05) is 47.1 Å². The standard InChI is InChI=1S/C31H39BN7O5S/c1-3-32-14-17-39-30-23-10-5-4-9-22(23)20-38(25-12-7-6-11-24(25)29(30)36-37-39)28(42)13-16-34-27(41)21-44-18-8-15-33-26(40)19-35-31(43)45-2/h4-7,9-12H,3,8,13-21H2,1-2H3,(H,33,40)(H,34,41)(H,35,43). The highest BCUT2D eigenvalue weighted by Gasteiger charge is 2.28. The van der Waals surface area contributed by atoms with Crippen LogP contribution in [0.5, 0.6) is 0 Å². The number of nitrogens with zero attached hydrogens (tertiary/aromatic N) is 4. The van der Waals surface area contributed by atoms with Crippen LogP contribution in [0.1, 0.15) is 25.3 Å². The zero-order valence-electron chi connectivity index (χ0n) is 25.7. The van der Waals surface area contributed by atoms with Crippen molar-refractivity contribution in [2.75, 3.05) is 44.0 Å². The number of carbonyl (C=O) groups excluding carboxylic acids is 4. The van der Waals surface area contributed by atoms with E-state index in [0.29, 0.717) is 26.1 Å². The number of anilines is 1.